The van der Waals surface area contributed by atoms with Crippen molar-refractivity contribution in [2.45, 2.75) is 0 Å². The molecule has 2 rings (SSSR count). The summed E-state index contributed by atoms with van der Waals surface area (Å²) in [6, 6.07) is 16.4. The summed E-state index contributed by atoms with van der Waals surface area (Å²) in [7, 11) is 0. The summed E-state index contributed by atoms with van der Waals surface area (Å²) in [5.74, 6) is -0.0503. The molecule has 0 saturated carbocycles. The first-order valence-corrected chi connectivity index (χ1v) is 6.46. The second kappa shape index (κ2) is 6.12. The predicted octanol–water partition coefficient (Wildman–Crippen LogP) is 4.22. The van der Waals surface area contributed by atoms with Crippen LogP contribution >= 0.6 is 15.9 Å². The van der Waals surface area contributed by atoms with E-state index < -0.39 is 0 Å². The fourth-order valence-electron chi connectivity index (χ4n) is 1.58. The number of hydrogen-bond acceptors (Lipinski definition) is 2. The van der Waals surface area contributed by atoms with Crippen LogP contribution in [0, 0.1) is 11.3 Å². The minimum absolute atomic E-state index is 0.0503. The van der Waals surface area contributed by atoms with Crippen molar-refractivity contribution in [1.82, 2.24) is 0 Å². The molecule has 2 aromatic carbocycles. The van der Waals surface area contributed by atoms with Gasteiger partial charge in [-0.2, -0.15) is 5.26 Å². The molecule has 2 aromatic rings. The molecule has 0 spiro atoms. The number of benzene rings is 2. The summed E-state index contributed by atoms with van der Waals surface area (Å²) >= 11 is 3.34. The van der Waals surface area contributed by atoms with Crippen LogP contribution in [0.3, 0.4) is 0 Å². The zero-order chi connectivity index (χ0) is 13.7. The Morgan fingerprint density at radius 1 is 1.16 bits per heavy atom. The largest absolute Gasteiger partial charge is 0.289 e. The lowest BCUT2D eigenvalue weighted by Gasteiger charge is -1.97. The monoisotopic (exact) mass is 311 g/mol. The Morgan fingerprint density at radius 3 is 2.53 bits per heavy atom. The maximum absolute atomic E-state index is 11.9. The minimum atomic E-state index is -0.0503. The van der Waals surface area contributed by atoms with E-state index in [9.17, 15) is 4.79 Å². The lowest BCUT2D eigenvalue weighted by atomic mass is 10.1. The van der Waals surface area contributed by atoms with Crippen LogP contribution in [0.15, 0.2) is 59.1 Å². The van der Waals surface area contributed by atoms with Gasteiger partial charge in [-0.15, -0.1) is 0 Å². The van der Waals surface area contributed by atoms with Crippen molar-refractivity contribution in [3.8, 4) is 6.07 Å². The highest BCUT2D eigenvalue weighted by atomic mass is 79.9. The van der Waals surface area contributed by atoms with Crippen molar-refractivity contribution in [3.63, 3.8) is 0 Å². The van der Waals surface area contributed by atoms with Gasteiger partial charge >= 0.3 is 0 Å². The molecule has 3 heteroatoms. The third-order valence-corrected chi connectivity index (χ3v) is 3.07. The Balaban J connectivity index is 2.14. The summed E-state index contributed by atoms with van der Waals surface area (Å²) in [4.78, 5) is 11.9. The van der Waals surface area contributed by atoms with Crippen LogP contribution in [0.1, 0.15) is 21.5 Å². The molecule has 0 aliphatic rings. The van der Waals surface area contributed by atoms with Crippen LogP contribution in [0.2, 0.25) is 0 Å². The number of nitrogens with zero attached hydrogens (tertiary/aromatic N) is 1. The Morgan fingerprint density at radius 2 is 1.89 bits per heavy atom. The predicted molar refractivity (Wildman–Crippen MR) is 78.7 cm³/mol. The number of ketones is 1. The fraction of sp³-hybridized carbons (Fsp3) is 0. The van der Waals surface area contributed by atoms with Gasteiger partial charge in [0.2, 0.25) is 0 Å². The van der Waals surface area contributed by atoms with Crippen LogP contribution in [0.25, 0.3) is 6.08 Å². The molecule has 0 heterocycles. The van der Waals surface area contributed by atoms with Crippen LogP contribution in [0.4, 0.5) is 0 Å². The van der Waals surface area contributed by atoms with Gasteiger partial charge in [-0.25, -0.2) is 0 Å². The van der Waals surface area contributed by atoms with Gasteiger partial charge in [0.15, 0.2) is 5.78 Å². The summed E-state index contributed by atoms with van der Waals surface area (Å²) in [5, 5.41) is 8.69. The lowest BCUT2D eigenvalue weighted by Crippen LogP contribution is -1.93. The van der Waals surface area contributed by atoms with E-state index >= 15 is 0 Å². The Labute approximate surface area is 120 Å². The highest BCUT2D eigenvalue weighted by Gasteiger charge is 2.01. The van der Waals surface area contributed by atoms with Gasteiger partial charge in [-0.05, 0) is 35.9 Å². The smallest absolute Gasteiger partial charge is 0.185 e. The summed E-state index contributed by atoms with van der Waals surface area (Å²) in [5.41, 5.74) is 2.14. The van der Waals surface area contributed by atoms with Gasteiger partial charge in [0, 0.05) is 10.0 Å². The van der Waals surface area contributed by atoms with E-state index in [0.717, 1.165) is 10.0 Å². The van der Waals surface area contributed by atoms with Crippen LogP contribution in [0.5, 0.6) is 0 Å². The third kappa shape index (κ3) is 3.64. The number of nitriles is 1. The van der Waals surface area contributed by atoms with Crippen LogP contribution in [-0.4, -0.2) is 5.78 Å². The average molecular weight is 312 g/mol. The molecule has 19 heavy (non-hydrogen) atoms. The Hall–Kier alpha value is -2.18. The van der Waals surface area contributed by atoms with Gasteiger partial charge < -0.3 is 0 Å². The first-order valence-electron chi connectivity index (χ1n) is 5.67. The zero-order valence-electron chi connectivity index (χ0n) is 10.0. The molecular weight excluding hydrogens is 302 g/mol. The van der Waals surface area contributed by atoms with Crippen molar-refractivity contribution in [2.24, 2.45) is 0 Å². The van der Waals surface area contributed by atoms with Crippen LogP contribution in [-0.2, 0) is 0 Å². The number of halogens is 1. The molecule has 0 saturated heterocycles. The topological polar surface area (TPSA) is 40.9 Å². The Bertz CT molecular complexity index is 666. The van der Waals surface area contributed by atoms with Crippen molar-refractivity contribution >= 4 is 27.8 Å². The molecule has 0 aromatic heterocycles. The first-order chi connectivity index (χ1) is 9.19. The Kier molecular flexibility index (Phi) is 4.27. The maximum Gasteiger partial charge on any atom is 0.185 e. The molecule has 0 unspecified atom stereocenters. The van der Waals surface area contributed by atoms with Gasteiger partial charge in [0.25, 0.3) is 0 Å². The lowest BCUT2D eigenvalue weighted by molar-refractivity contribution is 0.104. The molecule has 0 N–H and O–H groups in total. The molecule has 0 aliphatic carbocycles. The van der Waals surface area contributed by atoms with Gasteiger partial charge in [-0.3, -0.25) is 4.79 Å². The number of rotatable bonds is 3. The van der Waals surface area contributed by atoms with E-state index in [-0.39, 0.29) is 5.78 Å². The second-order valence-corrected chi connectivity index (χ2v) is 4.86. The van der Waals surface area contributed by atoms with Crippen molar-refractivity contribution in [1.29, 1.82) is 5.26 Å². The standard InChI is InChI=1S/C16H10BrNO/c17-15-3-1-2-14(10-15)16(19)9-8-12-4-6-13(11-18)7-5-12/h1-10H/b9-8+. The average Bonchev–Trinajstić information content (AvgIpc) is 2.45. The van der Waals surface area contributed by atoms with E-state index in [1.54, 1.807) is 30.3 Å². The quantitative estimate of drug-likeness (QED) is 0.629. The minimum Gasteiger partial charge on any atom is -0.289 e. The number of allylic oxidation sites excluding steroid dienone is 1. The van der Waals surface area contributed by atoms with Crippen LogP contribution < -0.4 is 0 Å². The van der Waals surface area contributed by atoms with E-state index in [4.69, 9.17) is 5.26 Å². The fourth-order valence-corrected chi connectivity index (χ4v) is 1.98. The molecule has 92 valence electrons. The highest BCUT2D eigenvalue weighted by molar-refractivity contribution is 9.10. The molecular formula is C16H10BrNO. The molecule has 0 atom stereocenters. The second-order valence-electron chi connectivity index (χ2n) is 3.94. The molecule has 2 nitrogen and oxygen atoms in total. The van der Waals surface area contributed by atoms with Crippen molar-refractivity contribution in [3.05, 3.63) is 75.8 Å². The van der Waals surface area contributed by atoms with Gasteiger partial charge in [-0.1, -0.05) is 46.3 Å². The summed E-state index contributed by atoms with van der Waals surface area (Å²) < 4.78 is 0.880. The molecule has 0 fully saturated rings. The van der Waals surface area contributed by atoms with E-state index in [1.165, 1.54) is 6.08 Å². The molecule has 0 amide bonds. The maximum atomic E-state index is 11.9. The normalized spacial score (nSPS) is 10.3. The van der Waals surface area contributed by atoms with E-state index in [1.807, 2.05) is 24.3 Å². The van der Waals surface area contributed by atoms with Gasteiger partial charge in [0.1, 0.15) is 0 Å². The van der Waals surface area contributed by atoms with E-state index in [0.29, 0.717) is 11.1 Å². The number of carbonyl (C=O) groups excluding carboxylic acids is 1. The SMILES string of the molecule is N#Cc1ccc(/C=C/C(=O)c2cccc(Br)c2)cc1. The summed E-state index contributed by atoms with van der Waals surface area (Å²) in [6.07, 6.45) is 3.27. The molecule has 0 bridgehead atoms. The first kappa shape index (κ1) is 13.3. The molecule has 0 aliphatic heterocycles. The summed E-state index contributed by atoms with van der Waals surface area (Å²) in [6.45, 7) is 0. The van der Waals surface area contributed by atoms with E-state index in [2.05, 4.69) is 22.0 Å². The van der Waals surface area contributed by atoms with Gasteiger partial charge in [0.05, 0.1) is 11.6 Å². The highest BCUT2D eigenvalue weighted by Crippen LogP contribution is 2.13. The molecule has 0 radical (unpaired) electrons. The zero-order valence-corrected chi connectivity index (χ0v) is 11.6. The number of hydrogen-bond donors (Lipinski definition) is 0. The third-order valence-electron chi connectivity index (χ3n) is 2.58. The number of carbonyl (C=O) groups is 1. The van der Waals surface area contributed by atoms with Crippen molar-refractivity contribution < 1.29 is 4.79 Å². The van der Waals surface area contributed by atoms with Crippen molar-refractivity contribution in [2.75, 3.05) is 0 Å².